The quantitative estimate of drug-likeness (QED) is 0.381. The van der Waals surface area contributed by atoms with Crippen LogP contribution in [0.3, 0.4) is 0 Å². The summed E-state index contributed by atoms with van der Waals surface area (Å²) in [6.45, 7) is 1.93. The number of thioether (sulfide) groups is 1. The first-order valence-corrected chi connectivity index (χ1v) is 12.7. The molecule has 8 heteroatoms. The minimum absolute atomic E-state index is 0.0306. The lowest BCUT2D eigenvalue weighted by Crippen LogP contribution is -2.42. The van der Waals surface area contributed by atoms with Crippen LogP contribution in [0.5, 0.6) is 0 Å². The Hall–Kier alpha value is -2.22. The highest BCUT2D eigenvalue weighted by Gasteiger charge is 2.41. The molecule has 1 aliphatic rings. The Morgan fingerprint density at radius 1 is 1.18 bits per heavy atom. The van der Waals surface area contributed by atoms with Crippen molar-refractivity contribution in [2.75, 3.05) is 0 Å². The van der Waals surface area contributed by atoms with Gasteiger partial charge in [-0.05, 0) is 55.4 Å². The van der Waals surface area contributed by atoms with Crippen LogP contribution in [-0.2, 0) is 12.1 Å². The van der Waals surface area contributed by atoms with E-state index in [2.05, 4.69) is 22.2 Å². The van der Waals surface area contributed by atoms with Gasteiger partial charge in [0.15, 0.2) is 0 Å². The highest BCUT2D eigenvalue weighted by Crippen LogP contribution is 2.42. The zero-order valence-corrected chi connectivity index (χ0v) is 20.5. The Morgan fingerprint density at radius 2 is 1.91 bits per heavy atom. The summed E-state index contributed by atoms with van der Waals surface area (Å²) in [4.78, 5) is 3.93. The van der Waals surface area contributed by atoms with Crippen LogP contribution in [0.4, 0.5) is 8.78 Å². The van der Waals surface area contributed by atoms with E-state index in [1.54, 1.807) is 11.8 Å². The lowest BCUT2D eigenvalue weighted by atomic mass is 9.88. The van der Waals surface area contributed by atoms with Crippen molar-refractivity contribution < 1.29 is 13.9 Å². The van der Waals surface area contributed by atoms with E-state index in [1.807, 2.05) is 31.2 Å². The number of halogens is 3. The molecule has 0 amide bonds. The first-order valence-electron chi connectivity index (χ1n) is 11.4. The third kappa shape index (κ3) is 6.06. The number of aromatic nitrogens is 3. The summed E-state index contributed by atoms with van der Waals surface area (Å²) in [5.41, 5.74) is -0.361. The van der Waals surface area contributed by atoms with Crippen LogP contribution in [0.1, 0.15) is 43.7 Å². The van der Waals surface area contributed by atoms with Crippen LogP contribution in [-0.4, -0.2) is 30.4 Å². The second-order valence-corrected chi connectivity index (χ2v) is 10.9. The zero-order valence-electron chi connectivity index (χ0n) is 18.9. The molecule has 1 aromatic heterocycles. The number of rotatable bonds is 8. The Bertz CT molecular complexity index is 1100. The maximum absolute atomic E-state index is 14.7. The predicted octanol–water partition coefficient (Wildman–Crippen LogP) is 6.49. The smallest absolute Gasteiger partial charge is 0.137 e. The van der Waals surface area contributed by atoms with Crippen LogP contribution in [0.2, 0.25) is 5.02 Å². The Balaban J connectivity index is 1.41. The van der Waals surface area contributed by atoms with E-state index < -0.39 is 17.2 Å². The van der Waals surface area contributed by atoms with Crippen LogP contribution >= 0.6 is 23.4 Å². The van der Waals surface area contributed by atoms with E-state index in [9.17, 15) is 13.9 Å². The van der Waals surface area contributed by atoms with E-state index in [4.69, 9.17) is 11.6 Å². The molecule has 0 bridgehead atoms. The average molecular weight is 504 g/mol. The van der Waals surface area contributed by atoms with Crippen molar-refractivity contribution in [3.8, 4) is 0 Å². The molecule has 1 aliphatic carbocycles. The van der Waals surface area contributed by atoms with Gasteiger partial charge in [0.1, 0.15) is 29.9 Å². The lowest BCUT2D eigenvalue weighted by Gasteiger charge is -2.37. The van der Waals surface area contributed by atoms with Crippen molar-refractivity contribution in [3.05, 3.63) is 89.0 Å². The molecular weight excluding hydrogens is 476 g/mol. The maximum Gasteiger partial charge on any atom is 0.137 e. The summed E-state index contributed by atoms with van der Waals surface area (Å²) in [6, 6.07) is 11.1. The number of allylic oxidation sites excluding steroid dienone is 1. The Kier molecular flexibility index (Phi) is 8.06. The molecule has 34 heavy (non-hydrogen) atoms. The van der Waals surface area contributed by atoms with Gasteiger partial charge in [-0.3, -0.25) is 0 Å². The molecule has 2 atom stereocenters. The van der Waals surface area contributed by atoms with Crippen molar-refractivity contribution in [1.82, 2.24) is 14.8 Å². The molecular formula is C26H28ClF2N3OS. The van der Waals surface area contributed by atoms with Gasteiger partial charge >= 0.3 is 0 Å². The van der Waals surface area contributed by atoms with Gasteiger partial charge in [0, 0.05) is 27.2 Å². The monoisotopic (exact) mass is 503 g/mol. The van der Waals surface area contributed by atoms with Crippen LogP contribution in [0.25, 0.3) is 6.08 Å². The molecule has 0 saturated heterocycles. The molecule has 0 spiro atoms. The van der Waals surface area contributed by atoms with Crippen molar-refractivity contribution in [2.45, 2.75) is 55.3 Å². The van der Waals surface area contributed by atoms with Crippen molar-refractivity contribution in [3.63, 3.8) is 0 Å². The molecule has 1 saturated carbocycles. The first-order chi connectivity index (χ1) is 16.3. The van der Waals surface area contributed by atoms with Gasteiger partial charge in [0.2, 0.25) is 0 Å². The van der Waals surface area contributed by atoms with Gasteiger partial charge in [0.05, 0.1) is 6.54 Å². The maximum atomic E-state index is 14.7. The largest absolute Gasteiger partial charge is 0.382 e. The highest BCUT2D eigenvalue weighted by atomic mass is 35.5. The summed E-state index contributed by atoms with van der Waals surface area (Å²) in [5, 5.41) is 16.5. The number of nitrogens with zero attached hydrogens (tertiary/aromatic N) is 3. The van der Waals surface area contributed by atoms with E-state index in [0.717, 1.165) is 42.3 Å². The van der Waals surface area contributed by atoms with Crippen molar-refractivity contribution >= 4 is 29.4 Å². The molecule has 4 nitrogen and oxygen atoms in total. The minimum Gasteiger partial charge on any atom is -0.382 e. The molecule has 1 fully saturated rings. The molecule has 0 unspecified atom stereocenters. The van der Waals surface area contributed by atoms with E-state index in [0.29, 0.717) is 11.2 Å². The zero-order chi connectivity index (χ0) is 24.1. The molecule has 3 aromatic rings. The van der Waals surface area contributed by atoms with Gasteiger partial charge in [-0.2, -0.15) is 16.9 Å². The van der Waals surface area contributed by atoms with Crippen molar-refractivity contribution in [1.29, 1.82) is 0 Å². The number of aliphatic hydroxyl groups is 1. The molecule has 1 N–H and O–H groups in total. The van der Waals surface area contributed by atoms with E-state index in [1.165, 1.54) is 29.5 Å². The minimum atomic E-state index is -1.57. The molecule has 1 heterocycles. The van der Waals surface area contributed by atoms with Gasteiger partial charge in [-0.25, -0.2) is 18.4 Å². The summed E-state index contributed by atoms with van der Waals surface area (Å²) in [5.74, 6) is -0.924. The van der Waals surface area contributed by atoms with Gasteiger partial charge < -0.3 is 5.11 Å². The molecule has 4 rings (SSSR count). The normalized spacial score (nSPS) is 21.4. The van der Waals surface area contributed by atoms with E-state index >= 15 is 0 Å². The lowest BCUT2D eigenvalue weighted by molar-refractivity contribution is 0.0131. The summed E-state index contributed by atoms with van der Waals surface area (Å²) in [7, 11) is 0. The summed E-state index contributed by atoms with van der Waals surface area (Å²) < 4.78 is 29.8. The molecule has 180 valence electrons. The fourth-order valence-electron chi connectivity index (χ4n) is 4.47. The Labute approximate surface area is 208 Å². The summed E-state index contributed by atoms with van der Waals surface area (Å²) in [6.07, 6.45) is 11.4. The highest BCUT2D eigenvalue weighted by molar-refractivity contribution is 8.00. The van der Waals surface area contributed by atoms with Crippen molar-refractivity contribution in [2.24, 2.45) is 5.92 Å². The number of benzene rings is 2. The van der Waals surface area contributed by atoms with Crippen LogP contribution < -0.4 is 0 Å². The fourth-order valence-corrected chi connectivity index (χ4v) is 6.15. The third-order valence-electron chi connectivity index (χ3n) is 6.49. The topological polar surface area (TPSA) is 50.9 Å². The van der Waals surface area contributed by atoms with Crippen LogP contribution in [0, 0.1) is 17.6 Å². The second kappa shape index (κ2) is 11.0. The SMILES string of the molecule is C[C@@H](S[C@H]1CC[C@H](/C=C/c2ccc(Cl)cc2)CC1)[C@](O)(Cn1cncn1)c1ccc(F)cc1F. The fraction of sp³-hybridized carbons (Fsp3) is 0.385. The van der Waals surface area contributed by atoms with Gasteiger partial charge in [0.25, 0.3) is 0 Å². The number of hydrogen-bond acceptors (Lipinski definition) is 4. The second-order valence-electron chi connectivity index (χ2n) is 8.87. The van der Waals surface area contributed by atoms with Gasteiger partial charge in [-0.1, -0.05) is 48.9 Å². The van der Waals surface area contributed by atoms with Gasteiger partial charge in [-0.15, -0.1) is 0 Å². The Morgan fingerprint density at radius 3 is 2.56 bits per heavy atom. The first kappa shape index (κ1) is 24.9. The standard InChI is InChI=1S/C26H28ClF2N3OS/c1-18(26(33,15-32-17-30-16-31-32)24-13-10-22(28)14-25(24)29)34-23-11-6-20(7-12-23)3-2-19-4-8-21(27)9-5-19/h2-5,8-10,13-14,16-18,20,23,33H,6-7,11-12,15H2,1H3/b3-2+/t18-,20-,23-,26-/m1/s1. The van der Waals surface area contributed by atoms with E-state index in [-0.39, 0.29) is 17.4 Å². The summed E-state index contributed by atoms with van der Waals surface area (Å²) >= 11 is 7.62. The molecule has 2 aromatic carbocycles. The molecule has 0 radical (unpaired) electrons. The number of hydrogen-bond donors (Lipinski definition) is 1. The average Bonchev–Trinajstić information content (AvgIpc) is 3.32. The third-order valence-corrected chi connectivity index (χ3v) is 8.39. The predicted molar refractivity (Wildman–Crippen MR) is 134 cm³/mol. The van der Waals surface area contributed by atoms with Crippen LogP contribution in [0.15, 0.2) is 61.2 Å². The molecule has 0 aliphatic heterocycles.